The number of thiazole rings is 1. The monoisotopic (exact) mass is 291 g/mol. The third-order valence-corrected chi connectivity index (χ3v) is 5.72. The Balaban J connectivity index is 1.70. The predicted molar refractivity (Wildman–Crippen MR) is 85.4 cm³/mol. The van der Waals surface area contributed by atoms with Gasteiger partial charge in [0.1, 0.15) is 0 Å². The van der Waals surface area contributed by atoms with E-state index in [0.29, 0.717) is 6.04 Å². The fourth-order valence-electron chi connectivity index (χ4n) is 3.43. The van der Waals surface area contributed by atoms with E-state index in [1.807, 2.05) is 0 Å². The van der Waals surface area contributed by atoms with Crippen LogP contribution in [0.15, 0.2) is 5.38 Å². The topological polar surface area (TPSA) is 29.3 Å². The molecule has 110 valence electrons. The van der Waals surface area contributed by atoms with Crippen LogP contribution in [0.1, 0.15) is 56.1 Å². The lowest BCUT2D eigenvalue weighted by molar-refractivity contribution is 0.280. The van der Waals surface area contributed by atoms with E-state index in [1.54, 1.807) is 11.3 Å². The Bertz CT molecular complexity index is 578. The second kappa shape index (κ2) is 5.86. The Kier molecular flexibility index (Phi) is 4.13. The molecule has 1 aliphatic carbocycles. The van der Waals surface area contributed by atoms with E-state index in [4.69, 9.17) is 0 Å². The Labute approximate surface area is 125 Å². The number of hydrogen-bond donors (Lipinski definition) is 1. The molecule has 1 fully saturated rings. The van der Waals surface area contributed by atoms with Crippen LogP contribution in [0.4, 0.5) is 0 Å². The van der Waals surface area contributed by atoms with Crippen LogP contribution in [0.3, 0.4) is 0 Å². The summed E-state index contributed by atoms with van der Waals surface area (Å²) in [7, 11) is 0. The second-order valence-electron chi connectivity index (χ2n) is 6.21. The van der Waals surface area contributed by atoms with Gasteiger partial charge < -0.3 is 5.32 Å². The fourth-order valence-corrected chi connectivity index (χ4v) is 4.36. The maximum Gasteiger partial charge on any atom is 0.194 e. The third kappa shape index (κ3) is 2.63. The average molecular weight is 291 g/mol. The molecule has 0 radical (unpaired) electrons. The minimum atomic E-state index is 0.610. The molecule has 0 aromatic carbocycles. The summed E-state index contributed by atoms with van der Waals surface area (Å²) in [4.78, 5) is 5.79. The Morgan fingerprint density at radius 1 is 1.35 bits per heavy atom. The summed E-state index contributed by atoms with van der Waals surface area (Å²) in [5, 5.41) is 5.94. The number of rotatable bonds is 4. The van der Waals surface area contributed by atoms with Gasteiger partial charge in [-0.2, -0.15) is 0 Å². The smallest absolute Gasteiger partial charge is 0.194 e. The summed E-state index contributed by atoms with van der Waals surface area (Å²) < 4.78 is 2.31. The molecule has 1 aliphatic rings. The molecule has 1 N–H and O–H groups in total. The van der Waals surface area contributed by atoms with Gasteiger partial charge in [-0.3, -0.25) is 4.40 Å². The Morgan fingerprint density at radius 2 is 2.10 bits per heavy atom. The molecule has 0 spiro atoms. The highest BCUT2D eigenvalue weighted by atomic mass is 32.1. The molecule has 0 saturated heterocycles. The standard InChI is InChI=1S/C16H25N3S/c1-11-10-20-16-18-13(3)15(19(11)16)9-17-12(2)14-7-5-4-6-8-14/h10,12,14,17H,4-9H2,1-3H3/t12-/m1/s1. The second-order valence-corrected chi connectivity index (χ2v) is 7.04. The van der Waals surface area contributed by atoms with Gasteiger partial charge in [-0.15, -0.1) is 11.3 Å². The molecular weight excluding hydrogens is 266 g/mol. The highest BCUT2D eigenvalue weighted by Gasteiger charge is 2.20. The van der Waals surface area contributed by atoms with Crippen molar-refractivity contribution in [3.05, 3.63) is 22.5 Å². The number of hydrogen-bond acceptors (Lipinski definition) is 3. The van der Waals surface area contributed by atoms with Crippen molar-refractivity contribution in [3.63, 3.8) is 0 Å². The summed E-state index contributed by atoms with van der Waals surface area (Å²) in [6.07, 6.45) is 7.05. The van der Waals surface area contributed by atoms with E-state index in [0.717, 1.165) is 17.4 Å². The maximum absolute atomic E-state index is 4.67. The highest BCUT2D eigenvalue weighted by Crippen LogP contribution is 2.27. The SMILES string of the molecule is Cc1nc2scc(C)n2c1CN[C@H](C)C1CCCCC1. The number of aryl methyl sites for hydroxylation is 2. The minimum absolute atomic E-state index is 0.610. The molecule has 0 unspecified atom stereocenters. The largest absolute Gasteiger partial charge is 0.308 e. The van der Waals surface area contributed by atoms with Crippen LogP contribution in [0.2, 0.25) is 0 Å². The summed E-state index contributed by atoms with van der Waals surface area (Å²) in [5.74, 6) is 0.857. The highest BCUT2D eigenvalue weighted by molar-refractivity contribution is 7.15. The number of nitrogens with zero attached hydrogens (tertiary/aromatic N) is 2. The molecule has 20 heavy (non-hydrogen) atoms. The zero-order valence-corrected chi connectivity index (χ0v) is 13.6. The van der Waals surface area contributed by atoms with Crippen molar-refractivity contribution in [3.8, 4) is 0 Å². The van der Waals surface area contributed by atoms with Crippen molar-refractivity contribution in [2.24, 2.45) is 5.92 Å². The lowest BCUT2D eigenvalue weighted by atomic mass is 9.84. The fraction of sp³-hybridized carbons (Fsp3) is 0.688. The molecule has 3 rings (SSSR count). The minimum Gasteiger partial charge on any atom is -0.308 e. The summed E-state index contributed by atoms with van der Waals surface area (Å²) >= 11 is 1.74. The number of imidazole rings is 1. The van der Waals surface area contributed by atoms with Crippen LogP contribution < -0.4 is 5.32 Å². The predicted octanol–water partition coefficient (Wildman–Crippen LogP) is 4.07. The normalized spacial score (nSPS) is 18.8. The first-order chi connectivity index (χ1) is 9.66. The number of aromatic nitrogens is 2. The van der Waals surface area contributed by atoms with Crippen LogP contribution in [0, 0.1) is 19.8 Å². The van der Waals surface area contributed by atoms with Crippen molar-refractivity contribution >= 4 is 16.3 Å². The third-order valence-electron chi connectivity index (χ3n) is 4.78. The van der Waals surface area contributed by atoms with E-state index < -0.39 is 0 Å². The van der Waals surface area contributed by atoms with Gasteiger partial charge in [0.2, 0.25) is 0 Å². The van der Waals surface area contributed by atoms with Gasteiger partial charge in [-0.05, 0) is 39.5 Å². The van der Waals surface area contributed by atoms with Gasteiger partial charge in [0, 0.05) is 23.7 Å². The van der Waals surface area contributed by atoms with E-state index >= 15 is 0 Å². The first-order valence-corrected chi connectivity index (χ1v) is 8.70. The van der Waals surface area contributed by atoms with E-state index in [2.05, 4.69) is 40.9 Å². The molecule has 4 heteroatoms. The molecule has 1 saturated carbocycles. The van der Waals surface area contributed by atoms with Crippen molar-refractivity contribution in [1.29, 1.82) is 0 Å². The molecule has 0 amide bonds. The van der Waals surface area contributed by atoms with Crippen molar-refractivity contribution < 1.29 is 0 Å². The number of fused-ring (bicyclic) bond motifs is 1. The van der Waals surface area contributed by atoms with E-state index in [1.165, 1.54) is 49.2 Å². The molecule has 1 atom stereocenters. The van der Waals surface area contributed by atoms with E-state index in [-0.39, 0.29) is 0 Å². The van der Waals surface area contributed by atoms with E-state index in [9.17, 15) is 0 Å². The van der Waals surface area contributed by atoms with Gasteiger partial charge in [0.15, 0.2) is 4.96 Å². The van der Waals surface area contributed by atoms with Crippen LogP contribution in [-0.2, 0) is 6.54 Å². The summed E-state index contributed by atoms with van der Waals surface area (Å²) in [5.41, 5.74) is 3.80. The van der Waals surface area contributed by atoms with Crippen LogP contribution >= 0.6 is 11.3 Å². The van der Waals surface area contributed by atoms with Crippen LogP contribution in [-0.4, -0.2) is 15.4 Å². The molecular formula is C16H25N3S. The summed E-state index contributed by atoms with van der Waals surface area (Å²) in [6, 6.07) is 0.610. The van der Waals surface area contributed by atoms with Gasteiger partial charge in [-0.1, -0.05) is 19.3 Å². The van der Waals surface area contributed by atoms with Gasteiger partial charge in [0.05, 0.1) is 11.4 Å². The summed E-state index contributed by atoms with van der Waals surface area (Å²) in [6.45, 7) is 7.58. The van der Waals surface area contributed by atoms with Crippen molar-refractivity contribution in [2.45, 2.75) is 65.5 Å². The van der Waals surface area contributed by atoms with Crippen molar-refractivity contribution in [2.75, 3.05) is 0 Å². The van der Waals surface area contributed by atoms with Gasteiger partial charge in [0.25, 0.3) is 0 Å². The Hall–Kier alpha value is -0.870. The lowest BCUT2D eigenvalue weighted by Crippen LogP contribution is -2.34. The van der Waals surface area contributed by atoms with Gasteiger partial charge >= 0.3 is 0 Å². The molecule has 2 aromatic heterocycles. The number of nitrogens with one attached hydrogen (secondary N) is 1. The first kappa shape index (κ1) is 14.1. The first-order valence-electron chi connectivity index (χ1n) is 7.82. The molecule has 3 nitrogen and oxygen atoms in total. The zero-order chi connectivity index (χ0) is 14.1. The Morgan fingerprint density at radius 3 is 2.85 bits per heavy atom. The maximum atomic E-state index is 4.67. The molecule has 2 aromatic rings. The molecule has 0 bridgehead atoms. The van der Waals surface area contributed by atoms with Crippen LogP contribution in [0.25, 0.3) is 4.96 Å². The van der Waals surface area contributed by atoms with Gasteiger partial charge in [-0.25, -0.2) is 4.98 Å². The zero-order valence-electron chi connectivity index (χ0n) is 12.8. The molecule has 2 heterocycles. The average Bonchev–Trinajstić information content (AvgIpc) is 2.97. The quantitative estimate of drug-likeness (QED) is 0.920. The molecule has 0 aliphatic heterocycles. The lowest BCUT2D eigenvalue weighted by Gasteiger charge is -2.28. The van der Waals surface area contributed by atoms with Crippen molar-refractivity contribution in [1.82, 2.24) is 14.7 Å². The van der Waals surface area contributed by atoms with Crippen LogP contribution in [0.5, 0.6) is 0 Å².